The molecule has 1 atom stereocenters. The average Bonchev–Trinajstić information content (AvgIpc) is 2.60. The maximum Gasteiger partial charge on any atom is 0.248 e. The molecular weight excluding hydrogens is 304 g/mol. The lowest BCUT2D eigenvalue weighted by Gasteiger charge is -2.32. The van der Waals surface area contributed by atoms with Crippen molar-refractivity contribution in [2.75, 3.05) is 13.2 Å². The monoisotopic (exact) mass is 324 g/mol. The molecule has 1 aliphatic heterocycles. The molecule has 1 heterocycles. The van der Waals surface area contributed by atoms with Crippen molar-refractivity contribution in [2.45, 2.75) is 19.2 Å². The zero-order valence-electron chi connectivity index (χ0n) is 13.4. The van der Waals surface area contributed by atoms with Crippen LogP contribution in [0.2, 0.25) is 0 Å². The predicted molar refractivity (Wildman–Crippen MR) is 89.9 cm³/mol. The first-order chi connectivity index (χ1) is 11.7. The van der Waals surface area contributed by atoms with E-state index in [1.807, 2.05) is 60.7 Å². The fourth-order valence-corrected chi connectivity index (χ4v) is 2.69. The third kappa shape index (κ3) is 4.20. The highest BCUT2D eigenvalue weighted by Gasteiger charge is 2.32. The molecule has 5 heteroatoms. The zero-order valence-corrected chi connectivity index (χ0v) is 13.4. The van der Waals surface area contributed by atoms with Crippen LogP contribution in [0.25, 0.3) is 0 Å². The smallest absolute Gasteiger partial charge is 0.248 e. The van der Waals surface area contributed by atoms with E-state index >= 15 is 0 Å². The number of amides is 2. The number of benzene rings is 2. The minimum Gasteiger partial charge on any atom is -0.374 e. The molecular formula is C19H20N2O3. The van der Waals surface area contributed by atoms with E-state index in [2.05, 4.69) is 5.32 Å². The zero-order chi connectivity index (χ0) is 16.8. The number of piperazine rings is 1. The number of hydrogen-bond acceptors (Lipinski definition) is 3. The van der Waals surface area contributed by atoms with Gasteiger partial charge in [-0.15, -0.1) is 0 Å². The van der Waals surface area contributed by atoms with Gasteiger partial charge in [-0.1, -0.05) is 60.7 Å². The number of nitrogens with zero attached hydrogens (tertiary/aromatic N) is 1. The SMILES string of the molecule is O=C1CN(Cc2ccccc2)C(=O)[C@H](COCc2ccccc2)N1. The summed E-state index contributed by atoms with van der Waals surface area (Å²) in [5.74, 6) is -0.259. The molecule has 0 aromatic heterocycles. The minimum atomic E-state index is -0.626. The minimum absolute atomic E-state index is 0.0862. The maximum absolute atomic E-state index is 12.5. The van der Waals surface area contributed by atoms with Crippen LogP contribution in [0.4, 0.5) is 0 Å². The Hall–Kier alpha value is -2.66. The Morgan fingerprint density at radius 1 is 0.958 bits per heavy atom. The Balaban J connectivity index is 1.57. The van der Waals surface area contributed by atoms with Gasteiger partial charge < -0.3 is 15.0 Å². The van der Waals surface area contributed by atoms with Crippen molar-refractivity contribution in [3.63, 3.8) is 0 Å². The van der Waals surface area contributed by atoms with E-state index in [0.29, 0.717) is 13.2 Å². The van der Waals surface area contributed by atoms with Crippen molar-refractivity contribution >= 4 is 11.8 Å². The molecule has 0 spiro atoms. The highest BCUT2D eigenvalue weighted by molar-refractivity contribution is 5.94. The van der Waals surface area contributed by atoms with Crippen LogP contribution in [0.15, 0.2) is 60.7 Å². The number of hydrogen-bond donors (Lipinski definition) is 1. The summed E-state index contributed by atoms with van der Waals surface area (Å²) in [5.41, 5.74) is 2.04. The van der Waals surface area contributed by atoms with Crippen molar-refractivity contribution < 1.29 is 14.3 Å². The van der Waals surface area contributed by atoms with E-state index in [1.165, 1.54) is 0 Å². The first-order valence-corrected chi connectivity index (χ1v) is 7.96. The van der Waals surface area contributed by atoms with E-state index in [-0.39, 0.29) is 25.0 Å². The number of carbonyl (C=O) groups is 2. The second-order valence-electron chi connectivity index (χ2n) is 5.80. The highest BCUT2D eigenvalue weighted by atomic mass is 16.5. The molecule has 2 aromatic rings. The summed E-state index contributed by atoms with van der Waals surface area (Å²) in [6.45, 7) is 1.11. The molecule has 1 aliphatic rings. The molecule has 0 saturated carbocycles. The van der Waals surface area contributed by atoms with Crippen LogP contribution in [0.5, 0.6) is 0 Å². The van der Waals surface area contributed by atoms with Crippen LogP contribution < -0.4 is 5.32 Å². The Morgan fingerprint density at radius 2 is 1.58 bits per heavy atom. The summed E-state index contributed by atoms with van der Waals surface area (Å²) in [7, 11) is 0. The van der Waals surface area contributed by atoms with Crippen molar-refractivity contribution in [1.82, 2.24) is 10.2 Å². The Labute approximate surface area is 141 Å². The second-order valence-corrected chi connectivity index (χ2v) is 5.80. The van der Waals surface area contributed by atoms with E-state index in [1.54, 1.807) is 4.90 Å². The van der Waals surface area contributed by atoms with E-state index < -0.39 is 6.04 Å². The summed E-state index contributed by atoms with van der Waals surface area (Å²) >= 11 is 0. The lowest BCUT2D eigenvalue weighted by atomic mass is 10.1. The summed E-state index contributed by atoms with van der Waals surface area (Å²) in [6.07, 6.45) is 0. The third-order valence-corrected chi connectivity index (χ3v) is 3.89. The van der Waals surface area contributed by atoms with Gasteiger partial charge >= 0.3 is 0 Å². The van der Waals surface area contributed by atoms with Crippen molar-refractivity contribution in [3.8, 4) is 0 Å². The Kier molecular flexibility index (Phi) is 5.23. The molecule has 3 rings (SSSR count). The standard InChI is InChI=1S/C19H20N2O3/c22-18-12-21(11-15-7-3-1-4-8-15)19(23)17(20-18)14-24-13-16-9-5-2-6-10-16/h1-10,17H,11-14H2,(H,20,22)/t17-/m0/s1. The van der Waals surface area contributed by atoms with Gasteiger partial charge in [0.05, 0.1) is 19.8 Å². The predicted octanol–water partition coefficient (Wildman–Crippen LogP) is 1.73. The van der Waals surface area contributed by atoms with Gasteiger partial charge in [-0.3, -0.25) is 9.59 Å². The number of ether oxygens (including phenoxy) is 1. The molecule has 0 aliphatic carbocycles. The summed E-state index contributed by atoms with van der Waals surface area (Å²) < 4.78 is 5.61. The molecule has 1 fully saturated rings. The average molecular weight is 324 g/mol. The molecule has 5 nitrogen and oxygen atoms in total. The molecule has 2 amide bonds. The van der Waals surface area contributed by atoms with Gasteiger partial charge in [0, 0.05) is 6.54 Å². The van der Waals surface area contributed by atoms with Crippen LogP contribution >= 0.6 is 0 Å². The van der Waals surface area contributed by atoms with Gasteiger partial charge in [-0.05, 0) is 11.1 Å². The second kappa shape index (κ2) is 7.75. The third-order valence-electron chi connectivity index (χ3n) is 3.89. The van der Waals surface area contributed by atoms with E-state index in [9.17, 15) is 9.59 Å². The Morgan fingerprint density at radius 3 is 2.25 bits per heavy atom. The molecule has 124 valence electrons. The van der Waals surface area contributed by atoms with Gasteiger partial charge in [0.2, 0.25) is 11.8 Å². The van der Waals surface area contributed by atoms with Gasteiger partial charge in [0.25, 0.3) is 0 Å². The van der Waals surface area contributed by atoms with Crippen molar-refractivity contribution in [3.05, 3.63) is 71.8 Å². The highest BCUT2D eigenvalue weighted by Crippen LogP contribution is 2.10. The molecule has 0 unspecified atom stereocenters. The van der Waals surface area contributed by atoms with Crippen LogP contribution in [-0.4, -0.2) is 35.9 Å². The normalized spacial score (nSPS) is 17.7. The summed E-state index contributed by atoms with van der Waals surface area (Å²) in [6, 6.07) is 18.8. The Bertz CT molecular complexity index is 688. The molecule has 0 bridgehead atoms. The maximum atomic E-state index is 12.5. The molecule has 1 saturated heterocycles. The quantitative estimate of drug-likeness (QED) is 0.880. The summed E-state index contributed by atoms with van der Waals surface area (Å²) in [4.78, 5) is 26.0. The van der Waals surface area contributed by atoms with Crippen LogP contribution in [0, 0.1) is 0 Å². The van der Waals surface area contributed by atoms with Crippen LogP contribution in [0.3, 0.4) is 0 Å². The van der Waals surface area contributed by atoms with Crippen molar-refractivity contribution in [2.24, 2.45) is 0 Å². The van der Waals surface area contributed by atoms with Crippen LogP contribution in [-0.2, 0) is 27.5 Å². The van der Waals surface area contributed by atoms with Gasteiger partial charge in [-0.25, -0.2) is 0 Å². The molecule has 1 N–H and O–H groups in total. The summed E-state index contributed by atoms with van der Waals surface area (Å²) in [5, 5.41) is 2.71. The number of carbonyl (C=O) groups excluding carboxylic acids is 2. The fourth-order valence-electron chi connectivity index (χ4n) is 2.69. The van der Waals surface area contributed by atoms with Gasteiger partial charge in [-0.2, -0.15) is 0 Å². The van der Waals surface area contributed by atoms with Crippen molar-refractivity contribution in [1.29, 1.82) is 0 Å². The number of rotatable bonds is 6. The largest absolute Gasteiger partial charge is 0.374 e. The van der Waals surface area contributed by atoms with E-state index in [0.717, 1.165) is 11.1 Å². The number of nitrogens with one attached hydrogen (secondary N) is 1. The van der Waals surface area contributed by atoms with Gasteiger partial charge in [0.15, 0.2) is 0 Å². The molecule has 0 radical (unpaired) electrons. The fraction of sp³-hybridized carbons (Fsp3) is 0.263. The first kappa shape index (κ1) is 16.2. The lowest BCUT2D eigenvalue weighted by molar-refractivity contribution is -0.146. The topological polar surface area (TPSA) is 58.6 Å². The first-order valence-electron chi connectivity index (χ1n) is 7.96. The van der Waals surface area contributed by atoms with Crippen LogP contribution in [0.1, 0.15) is 11.1 Å². The van der Waals surface area contributed by atoms with Gasteiger partial charge in [0.1, 0.15) is 6.04 Å². The molecule has 24 heavy (non-hydrogen) atoms. The lowest BCUT2D eigenvalue weighted by Crippen LogP contribution is -2.59. The molecule has 2 aromatic carbocycles. The van der Waals surface area contributed by atoms with E-state index in [4.69, 9.17) is 4.74 Å².